The number of carbonyl (C=O) groups is 2. The molecule has 4 aromatic rings. The van der Waals surface area contributed by atoms with E-state index in [2.05, 4.69) is 31.1 Å². The van der Waals surface area contributed by atoms with E-state index in [1.807, 2.05) is 6.07 Å². The van der Waals surface area contributed by atoms with E-state index in [4.69, 9.17) is 11.6 Å². The minimum atomic E-state index is -0.440. The zero-order chi connectivity index (χ0) is 26.5. The maximum absolute atomic E-state index is 13.9. The Morgan fingerprint density at radius 3 is 2.89 bits per heavy atom. The summed E-state index contributed by atoms with van der Waals surface area (Å²) in [7, 11) is 0. The van der Waals surface area contributed by atoms with Gasteiger partial charge in [-0.25, -0.2) is 4.39 Å². The molecule has 2 amide bonds. The Hall–Kier alpha value is -4.44. The molecule has 0 fully saturated rings. The van der Waals surface area contributed by atoms with E-state index >= 15 is 0 Å². The van der Waals surface area contributed by atoms with Crippen LogP contribution in [0.4, 0.5) is 10.1 Å². The van der Waals surface area contributed by atoms with Gasteiger partial charge in [0, 0.05) is 34.8 Å². The Labute approximate surface area is 222 Å². The van der Waals surface area contributed by atoms with E-state index in [0.717, 1.165) is 5.56 Å². The first kappa shape index (κ1) is 25.2. The van der Waals surface area contributed by atoms with Crippen molar-refractivity contribution < 1.29 is 14.0 Å². The largest absolute Gasteiger partial charge is 0.344 e. The molecule has 2 bridgehead atoms. The molecule has 0 radical (unpaired) electrons. The highest BCUT2D eigenvalue weighted by molar-refractivity contribution is 6.30. The Kier molecular flexibility index (Phi) is 7.50. The highest BCUT2D eigenvalue weighted by atomic mass is 35.5. The van der Waals surface area contributed by atoms with Gasteiger partial charge in [-0.3, -0.25) is 14.6 Å². The van der Waals surface area contributed by atoms with Gasteiger partial charge in [-0.05, 0) is 83.4 Å². The third kappa shape index (κ3) is 5.92. The molecule has 3 heterocycles. The van der Waals surface area contributed by atoms with Gasteiger partial charge in [0.05, 0.1) is 23.1 Å². The Morgan fingerprint density at radius 2 is 2.05 bits per heavy atom. The molecule has 1 aliphatic rings. The quantitative estimate of drug-likeness (QED) is 0.362. The maximum atomic E-state index is 13.9. The summed E-state index contributed by atoms with van der Waals surface area (Å²) in [4.78, 5) is 30.0. The van der Waals surface area contributed by atoms with Crippen molar-refractivity contribution in [2.45, 2.75) is 31.7 Å². The fraction of sp³-hybridized carbons (Fsp3) is 0.185. The fourth-order valence-corrected chi connectivity index (χ4v) is 4.52. The van der Waals surface area contributed by atoms with Crippen LogP contribution in [0.2, 0.25) is 5.02 Å². The lowest BCUT2D eigenvalue weighted by Crippen LogP contribution is -2.27. The smallest absolute Gasteiger partial charge is 0.244 e. The molecule has 0 aliphatic carbocycles. The number of carbonyl (C=O) groups excluding carboxylic acids is 2. The molecule has 1 aliphatic heterocycles. The molecule has 2 aromatic carbocycles. The first-order valence-electron chi connectivity index (χ1n) is 12.0. The van der Waals surface area contributed by atoms with Gasteiger partial charge < -0.3 is 10.6 Å². The molecule has 1 atom stereocenters. The second-order valence-electron chi connectivity index (χ2n) is 8.81. The van der Waals surface area contributed by atoms with Crippen LogP contribution in [0, 0.1) is 5.82 Å². The second-order valence-corrected chi connectivity index (χ2v) is 9.24. The molecule has 1 unspecified atom stereocenters. The predicted molar refractivity (Wildman–Crippen MR) is 141 cm³/mol. The first-order chi connectivity index (χ1) is 18.5. The summed E-state index contributed by atoms with van der Waals surface area (Å²) in [5.74, 6) is -0.947. The van der Waals surface area contributed by atoms with E-state index in [1.54, 1.807) is 42.6 Å². The molecular weight excluding hydrogens is 509 g/mol. The number of halogens is 2. The minimum absolute atomic E-state index is 0.185. The number of aromatic nitrogens is 5. The molecule has 0 saturated carbocycles. The lowest BCUT2D eigenvalue weighted by atomic mass is 9.98. The topological polar surface area (TPSA) is 115 Å². The number of pyridine rings is 1. The first-order valence-corrected chi connectivity index (χ1v) is 12.4. The van der Waals surface area contributed by atoms with Crippen molar-refractivity contribution in [1.82, 2.24) is 30.5 Å². The molecule has 38 heavy (non-hydrogen) atoms. The Bertz CT molecular complexity index is 1510. The predicted octanol–water partition coefficient (Wildman–Crippen LogP) is 4.90. The van der Waals surface area contributed by atoms with Crippen molar-refractivity contribution in [1.29, 1.82) is 0 Å². The SMILES string of the molecule is O=C(C=Cc1cc(Cl)ccc1-n1cnnn1)NC1CCCCC(=O)Nc2cc(F)ccc2-c2ccnc1c2. The van der Waals surface area contributed by atoms with Crippen molar-refractivity contribution in [3.05, 3.63) is 89.2 Å². The van der Waals surface area contributed by atoms with Gasteiger partial charge in [0.15, 0.2) is 0 Å². The number of fused-ring (bicyclic) bond motifs is 4. The summed E-state index contributed by atoms with van der Waals surface area (Å²) >= 11 is 6.18. The van der Waals surface area contributed by atoms with E-state index in [1.165, 1.54) is 29.2 Å². The van der Waals surface area contributed by atoms with Crippen LogP contribution < -0.4 is 10.6 Å². The lowest BCUT2D eigenvalue weighted by Gasteiger charge is -2.20. The summed E-state index contributed by atoms with van der Waals surface area (Å²) in [5.41, 5.74) is 3.82. The second kappa shape index (κ2) is 11.3. The van der Waals surface area contributed by atoms with E-state index in [9.17, 15) is 14.0 Å². The summed E-state index contributed by atoms with van der Waals surface area (Å²) < 4.78 is 15.4. The van der Waals surface area contributed by atoms with E-state index < -0.39 is 11.9 Å². The monoisotopic (exact) mass is 531 g/mol. The van der Waals surface area contributed by atoms with Crippen LogP contribution >= 0.6 is 11.6 Å². The number of hydrogen-bond donors (Lipinski definition) is 2. The number of benzene rings is 2. The van der Waals surface area contributed by atoms with Crippen molar-refractivity contribution in [2.24, 2.45) is 0 Å². The van der Waals surface area contributed by atoms with Gasteiger partial charge in [0.25, 0.3) is 0 Å². The van der Waals surface area contributed by atoms with Gasteiger partial charge in [-0.15, -0.1) is 5.10 Å². The fourth-order valence-electron chi connectivity index (χ4n) is 4.34. The average molecular weight is 532 g/mol. The number of nitrogens with zero attached hydrogens (tertiary/aromatic N) is 5. The number of tetrazole rings is 1. The van der Waals surface area contributed by atoms with E-state index in [0.29, 0.717) is 52.5 Å². The summed E-state index contributed by atoms with van der Waals surface area (Å²) in [5, 5.41) is 17.6. The summed E-state index contributed by atoms with van der Waals surface area (Å²) in [6, 6.07) is 12.7. The zero-order valence-electron chi connectivity index (χ0n) is 20.1. The van der Waals surface area contributed by atoms with E-state index in [-0.39, 0.29) is 18.2 Å². The highest BCUT2D eigenvalue weighted by Gasteiger charge is 2.19. The van der Waals surface area contributed by atoms with Crippen LogP contribution in [-0.2, 0) is 9.59 Å². The number of hydrogen-bond acceptors (Lipinski definition) is 6. The molecule has 2 N–H and O–H groups in total. The third-order valence-corrected chi connectivity index (χ3v) is 6.40. The van der Waals surface area contributed by atoms with Crippen molar-refractivity contribution in [3.8, 4) is 16.8 Å². The average Bonchev–Trinajstić information content (AvgIpc) is 3.44. The third-order valence-electron chi connectivity index (χ3n) is 6.17. The van der Waals surface area contributed by atoms with Crippen LogP contribution in [0.25, 0.3) is 22.9 Å². The number of rotatable bonds is 4. The standard InChI is InChI=1S/C27H23ClFN7O2/c28-19-6-9-25(36-16-31-34-35-36)18(13-19)5-10-27(38)32-22-3-1-2-4-26(37)33-23-15-20(29)7-8-21(23)17-11-12-30-24(22)14-17/h5-16,22H,1-4H2,(H,32,38)(H,33,37). The molecule has 9 nitrogen and oxygen atoms in total. The number of nitrogens with one attached hydrogen (secondary N) is 2. The lowest BCUT2D eigenvalue weighted by molar-refractivity contribution is -0.118. The Morgan fingerprint density at radius 1 is 1.16 bits per heavy atom. The van der Waals surface area contributed by atoms with Gasteiger partial charge in [-0.1, -0.05) is 18.0 Å². The van der Waals surface area contributed by atoms with Crippen LogP contribution in [0.15, 0.2) is 67.1 Å². The highest BCUT2D eigenvalue weighted by Crippen LogP contribution is 2.32. The molecule has 5 rings (SSSR count). The van der Waals surface area contributed by atoms with Crippen molar-refractivity contribution in [2.75, 3.05) is 5.32 Å². The van der Waals surface area contributed by atoms with Gasteiger partial charge in [0.1, 0.15) is 12.1 Å². The van der Waals surface area contributed by atoms with Crippen molar-refractivity contribution >= 4 is 35.2 Å². The van der Waals surface area contributed by atoms with Crippen molar-refractivity contribution in [3.63, 3.8) is 0 Å². The van der Waals surface area contributed by atoms with Crippen LogP contribution in [-0.4, -0.2) is 37.0 Å². The maximum Gasteiger partial charge on any atom is 0.244 e. The molecule has 0 spiro atoms. The van der Waals surface area contributed by atoms with Gasteiger partial charge in [-0.2, -0.15) is 4.68 Å². The molecule has 2 aromatic heterocycles. The molecular formula is C27H23ClFN7O2. The molecule has 192 valence electrons. The Balaban J connectivity index is 1.42. The van der Waals surface area contributed by atoms with Crippen LogP contribution in [0.1, 0.15) is 43.0 Å². The van der Waals surface area contributed by atoms with Gasteiger partial charge in [0.2, 0.25) is 11.8 Å². The number of anilines is 1. The zero-order valence-corrected chi connectivity index (χ0v) is 20.9. The van der Waals surface area contributed by atoms with Crippen LogP contribution in [0.5, 0.6) is 0 Å². The minimum Gasteiger partial charge on any atom is -0.344 e. The normalized spacial score (nSPS) is 15.7. The van der Waals surface area contributed by atoms with Gasteiger partial charge >= 0.3 is 0 Å². The molecule has 0 saturated heterocycles. The number of amides is 2. The molecule has 11 heteroatoms. The summed E-state index contributed by atoms with van der Waals surface area (Å²) in [6.45, 7) is 0. The summed E-state index contributed by atoms with van der Waals surface area (Å²) in [6.07, 6.45) is 8.33. The van der Waals surface area contributed by atoms with Crippen LogP contribution in [0.3, 0.4) is 0 Å².